The van der Waals surface area contributed by atoms with Crippen LogP contribution in [0.4, 0.5) is 0 Å². The molecule has 2 aromatic rings. The van der Waals surface area contributed by atoms with Gasteiger partial charge < -0.3 is 5.11 Å². The van der Waals surface area contributed by atoms with Crippen molar-refractivity contribution in [2.45, 2.75) is 13.5 Å². The highest BCUT2D eigenvalue weighted by Crippen LogP contribution is 2.29. The van der Waals surface area contributed by atoms with E-state index in [4.69, 9.17) is 16.7 Å². The second-order valence-electron chi connectivity index (χ2n) is 3.19. The van der Waals surface area contributed by atoms with Gasteiger partial charge in [-0.25, -0.2) is 4.98 Å². The summed E-state index contributed by atoms with van der Waals surface area (Å²) in [5.74, 6) is 0. The summed E-state index contributed by atoms with van der Waals surface area (Å²) in [7, 11) is 0. The third-order valence-electron chi connectivity index (χ3n) is 2.11. The normalized spacial score (nSPS) is 10.6. The Bertz CT molecular complexity index is 481. The minimum Gasteiger partial charge on any atom is -0.390 e. The van der Waals surface area contributed by atoms with E-state index in [1.807, 2.05) is 31.2 Å². The largest absolute Gasteiger partial charge is 0.390 e. The number of benzene rings is 1. The van der Waals surface area contributed by atoms with Crippen molar-refractivity contribution in [3.63, 3.8) is 0 Å². The molecule has 0 unspecified atom stereocenters. The van der Waals surface area contributed by atoms with Crippen molar-refractivity contribution >= 4 is 22.9 Å². The first-order chi connectivity index (χ1) is 7.20. The summed E-state index contributed by atoms with van der Waals surface area (Å²) in [5, 5.41) is 10.7. The third kappa shape index (κ3) is 2.20. The number of halogens is 1. The predicted molar refractivity (Wildman–Crippen MR) is 63.2 cm³/mol. The quantitative estimate of drug-likeness (QED) is 0.873. The fourth-order valence-corrected chi connectivity index (χ4v) is 2.43. The van der Waals surface area contributed by atoms with Crippen molar-refractivity contribution < 1.29 is 5.11 Å². The summed E-state index contributed by atoms with van der Waals surface area (Å²) in [4.78, 5) is 5.40. The van der Waals surface area contributed by atoms with Crippen LogP contribution < -0.4 is 0 Å². The summed E-state index contributed by atoms with van der Waals surface area (Å²) < 4.78 is 0. The molecule has 0 aliphatic rings. The average molecular weight is 240 g/mol. The Balaban J connectivity index is 2.45. The molecule has 0 aliphatic heterocycles. The number of rotatable bonds is 2. The van der Waals surface area contributed by atoms with Crippen LogP contribution in [0.15, 0.2) is 24.3 Å². The molecule has 2 nitrogen and oxygen atoms in total. The molecule has 15 heavy (non-hydrogen) atoms. The van der Waals surface area contributed by atoms with E-state index in [1.54, 1.807) is 11.3 Å². The van der Waals surface area contributed by atoms with Gasteiger partial charge >= 0.3 is 0 Å². The summed E-state index contributed by atoms with van der Waals surface area (Å²) >= 11 is 7.47. The molecule has 0 saturated carbocycles. The van der Waals surface area contributed by atoms with Gasteiger partial charge in [0.1, 0.15) is 5.01 Å². The summed E-state index contributed by atoms with van der Waals surface area (Å²) in [6, 6.07) is 7.57. The Labute approximate surface area is 97.2 Å². The van der Waals surface area contributed by atoms with E-state index in [-0.39, 0.29) is 6.61 Å². The second-order valence-corrected chi connectivity index (χ2v) is 4.83. The van der Waals surface area contributed by atoms with Crippen LogP contribution in [-0.4, -0.2) is 10.1 Å². The van der Waals surface area contributed by atoms with E-state index in [1.165, 1.54) is 0 Å². The number of aryl methyl sites for hydroxylation is 1. The van der Waals surface area contributed by atoms with Crippen LogP contribution in [0.25, 0.3) is 10.6 Å². The van der Waals surface area contributed by atoms with E-state index in [2.05, 4.69) is 4.98 Å². The molecule has 2 rings (SSSR count). The second kappa shape index (κ2) is 4.31. The zero-order valence-corrected chi connectivity index (χ0v) is 9.77. The van der Waals surface area contributed by atoms with Gasteiger partial charge in [-0.15, -0.1) is 11.3 Å². The lowest BCUT2D eigenvalue weighted by Crippen LogP contribution is -1.85. The van der Waals surface area contributed by atoms with Crippen LogP contribution in [0.5, 0.6) is 0 Å². The highest BCUT2D eigenvalue weighted by molar-refractivity contribution is 7.15. The van der Waals surface area contributed by atoms with Crippen molar-refractivity contribution in [1.29, 1.82) is 0 Å². The van der Waals surface area contributed by atoms with Gasteiger partial charge in [0.15, 0.2) is 0 Å². The van der Waals surface area contributed by atoms with Gasteiger partial charge in [0, 0.05) is 15.5 Å². The number of hydrogen-bond acceptors (Lipinski definition) is 3. The average Bonchev–Trinajstić information content (AvgIpc) is 2.60. The topological polar surface area (TPSA) is 33.1 Å². The van der Waals surface area contributed by atoms with Gasteiger partial charge in [-0.05, 0) is 19.1 Å². The first kappa shape index (κ1) is 10.6. The molecule has 0 spiro atoms. The van der Waals surface area contributed by atoms with Crippen molar-refractivity contribution in [1.82, 2.24) is 4.98 Å². The van der Waals surface area contributed by atoms with Crippen LogP contribution in [0, 0.1) is 6.92 Å². The van der Waals surface area contributed by atoms with E-state index in [0.29, 0.717) is 5.02 Å². The molecule has 1 heterocycles. The fraction of sp³-hybridized carbons (Fsp3) is 0.182. The molecule has 0 fully saturated rings. The maximum atomic E-state index is 9.05. The zero-order chi connectivity index (χ0) is 10.8. The van der Waals surface area contributed by atoms with E-state index in [9.17, 15) is 0 Å². The molecule has 0 atom stereocenters. The number of aromatic nitrogens is 1. The lowest BCUT2D eigenvalue weighted by molar-refractivity contribution is 0.277. The zero-order valence-electron chi connectivity index (χ0n) is 8.20. The minimum atomic E-state index is -0.0110. The summed E-state index contributed by atoms with van der Waals surface area (Å²) in [5.41, 5.74) is 1.74. The Kier molecular flexibility index (Phi) is 3.05. The number of hydrogen-bond donors (Lipinski definition) is 1. The van der Waals surface area contributed by atoms with Crippen LogP contribution >= 0.6 is 22.9 Å². The SMILES string of the molecule is Cc1sc(-c2cccc(Cl)c2)nc1CO. The Hall–Kier alpha value is -0.900. The van der Waals surface area contributed by atoms with E-state index in [0.717, 1.165) is 21.1 Å². The van der Waals surface area contributed by atoms with Gasteiger partial charge in [0.05, 0.1) is 12.3 Å². The van der Waals surface area contributed by atoms with Crippen LogP contribution in [0.1, 0.15) is 10.6 Å². The van der Waals surface area contributed by atoms with Gasteiger partial charge in [-0.2, -0.15) is 0 Å². The third-order valence-corrected chi connectivity index (χ3v) is 3.41. The maximum absolute atomic E-state index is 9.05. The maximum Gasteiger partial charge on any atom is 0.124 e. The van der Waals surface area contributed by atoms with Crippen LogP contribution in [0.3, 0.4) is 0 Å². The predicted octanol–water partition coefficient (Wildman–Crippen LogP) is 3.26. The molecule has 0 saturated heterocycles. The molecule has 1 aromatic heterocycles. The van der Waals surface area contributed by atoms with Crippen molar-refractivity contribution in [2.24, 2.45) is 0 Å². The minimum absolute atomic E-state index is 0.0110. The first-order valence-corrected chi connectivity index (χ1v) is 5.73. The van der Waals surface area contributed by atoms with Gasteiger partial charge in [0.25, 0.3) is 0 Å². The lowest BCUT2D eigenvalue weighted by atomic mass is 10.2. The smallest absolute Gasteiger partial charge is 0.124 e. The molecular formula is C11H10ClNOS. The number of thiazole rings is 1. The molecule has 0 aliphatic carbocycles. The highest BCUT2D eigenvalue weighted by atomic mass is 35.5. The standard InChI is InChI=1S/C11H10ClNOS/c1-7-10(6-14)13-11(15-7)8-3-2-4-9(12)5-8/h2-5,14H,6H2,1H3. The molecule has 1 aromatic carbocycles. The van der Waals surface area contributed by atoms with E-state index < -0.39 is 0 Å². The molecular weight excluding hydrogens is 230 g/mol. The molecule has 0 bridgehead atoms. The number of nitrogens with zero attached hydrogens (tertiary/aromatic N) is 1. The summed E-state index contributed by atoms with van der Waals surface area (Å²) in [6.45, 7) is 1.94. The molecule has 0 amide bonds. The molecule has 78 valence electrons. The Morgan fingerprint density at radius 1 is 1.47 bits per heavy atom. The molecule has 0 radical (unpaired) electrons. The van der Waals surface area contributed by atoms with Crippen LogP contribution in [0.2, 0.25) is 5.02 Å². The van der Waals surface area contributed by atoms with Crippen molar-refractivity contribution in [3.8, 4) is 10.6 Å². The van der Waals surface area contributed by atoms with Gasteiger partial charge in [-0.1, -0.05) is 23.7 Å². The monoisotopic (exact) mass is 239 g/mol. The van der Waals surface area contributed by atoms with Crippen molar-refractivity contribution in [3.05, 3.63) is 39.9 Å². The van der Waals surface area contributed by atoms with E-state index >= 15 is 0 Å². The Morgan fingerprint density at radius 2 is 2.27 bits per heavy atom. The van der Waals surface area contributed by atoms with Gasteiger partial charge in [-0.3, -0.25) is 0 Å². The summed E-state index contributed by atoms with van der Waals surface area (Å²) in [6.07, 6.45) is 0. The first-order valence-electron chi connectivity index (χ1n) is 4.54. The van der Waals surface area contributed by atoms with Gasteiger partial charge in [0.2, 0.25) is 0 Å². The number of aliphatic hydroxyl groups is 1. The van der Waals surface area contributed by atoms with Crippen molar-refractivity contribution in [2.75, 3.05) is 0 Å². The Morgan fingerprint density at radius 3 is 2.87 bits per heavy atom. The highest BCUT2D eigenvalue weighted by Gasteiger charge is 2.08. The molecule has 4 heteroatoms. The lowest BCUT2D eigenvalue weighted by Gasteiger charge is -1.95. The number of aliphatic hydroxyl groups excluding tert-OH is 1. The molecule has 1 N–H and O–H groups in total. The fourth-order valence-electron chi connectivity index (χ4n) is 1.32. The van der Waals surface area contributed by atoms with Crippen LogP contribution in [-0.2, 0) is 6.61 Å².